The molecule has 1 unspecified atom stereocenters. The van der Waals surface area contributed by atoms with Gasteiger partial charge in [-0.05, 0) is 20.8 Å². The Balaban J connectivity index is 2.35. The van der Waals surface area contributed by atoms with Crippen LogP contribution in [-0.2, 0) is 4.74 Å². The minimum atomic E-state index is -0.381. The molecular weight excluding hydrogens is 262 g/mol. The predicted molar refractivity (Wildman–Crippen MR) is 75.1 cm³/mol. The Morgan fingerprint density at radius 1 is 1.55 bits per heavy atom. The fraction of sp³-hybridized carbons (Fsp3) is 0.750. The molecule has 20 heavy (non-hydrogen) atoms. The topological polar surface area (TPSA) is 94.2 Å². The van der Waals surface area contributed by atoms with Gasteiger partial charge in [0.1, 0.15) is 5.69 Å². The summed E-state index contributed by atoms with van der Waals surface area (Å²) in [5.74, 6) is 0.457. The molecule has 2 atom stereocenters. The first kappa shape index (κ1) is 14.7. The third-order valence-electron chi connectivity index (χ3n) is 3.51. The normalized spacial score (nSPS) is 22.4. The van der Waals surface area contributed by atoms with Crippen molar-refractivity contribution >= 4 is 11.5 Å². The third-order valence-corrected chi connectivity index (χ3v) is 3.51. The van der Waals surface area contributed by atoms with Gasteiger partial charge in [0, 0.05) is 26.2 Å². The van der Waals surface area contributed by atoms with Crippen LogP contribution in [0.5, 0.6) is 0 Å². The van der Waals surface area contributed by atoms with Crippen LogP contribution >= 0.6 is 0 Å². The highest BCUT2D eigenvalue weighted by molar-refractivity contribution is 5.60. The van der Waals surface area contributed by atoms with Gasteiger partial charge in [-0.1, -0.05) is 0 Å². The van der Waals surface area contributed by atoms with Crippen LogP contribution in [0.4, 0.5) is 11.5 Å². The van der Waals surface area contributed by atoms with Gasteiger partial charge in [-0.25, -0.2) is 4.68 Å². The van der Waals surface area contributed by atoms with Crippen LogP contribution in [0.15, 0.2) is 0 Å². The number of hydrogen-bond donors (Lipinski definition) is 2. The smallest absolute Gasteiger partial charge is 0.333 e. The molecule has 0 aromatic carbocycles. The second-order valence-electron chi connectivity index (χ2n) is 5.26. The summed E-state index contributed by atoms with van der Waals surface area (Å²) < 4.78 is 7.04. The van der Waals surface area contributed by atoms with Gasteiger partial charge in [-0.15, -0.1) is 0 Å². The Bertz CT molecular complexity index is 500. The quantitative estimate of drug-likeness (QED) is 0.620. The number of ether oxygens (including phenoxy) is 1. The van der Waals surface area contributed by atoms with Crippen LogP contribution in [0, 0.1) is 17.0 Å². The second kappa shape index (κ2) is 5.76. The van der Waals surface area contributed by atoms with E-state index in [0.717, 1.165) is 6.54 Å². The lowest BCUT2D eigenvalue weighted by Crippen LogP contribution is -2.34. The summed E-state index contributed by atoms with van der Waals surface area (Å²) in [7, 11) is 1.64. The maximum atomic E-state index is 11.3. The Kier molecular flexibility index (Phi) is 4.24. The van der Waals surface area contributed by atoms with Crippen LogP contribution in [0.25, 0.3) is 0 Å². The molecular formula is C12H21N5O3. The molecule has 0 bridgehead atoms. The number of methoxy groups -OCH3 is 1. The van der Waals surface area contributed by atoms with E-state index in [1.54, 1.807) is 18.7 Å². The maximum absolute atomic E-state index is 11.3. The number of anilines is 1. The van der Waals surface area contributed by atoms with E-state index in [1.807, 2.05) is 13.8 Å². The summed E-state index contributed by atoms with van der Waals surface area (Å²) in [6.07, 6.45) is -0.00887. The molecule has 0 radical (unpaired) electrons. The van der Waals surface area contributed by atoms with Crippen molar-refractivity contribution in [2.24, 2.45) is 0 Å². The van der Waals surface area contributed by atoms with Gasteiger partial charge in [0.15, 0.2) is 0 Å². The number of aromatic nitrogens is 2. The van der Waals surface area contributed by atoms with Crippen molar-refractivity contribution in [1.82, 2.24) is 15.1 Å². The van der Waals surface area contributed by atoms with E-state index in [2.05, 4.69) is 15.7 Å². The molecule has 1 saturated heterocycles. The lowest BCUT2D eigenvalue weighted by atomic mass is 10.2. The number of hydrogen-bond acceptors (Lipinski definition) is 6. The van der Waals surface area contributed by atoms with E-state index in [0.29, 0.717) is 18.1 Å². The molecule has 0 amide bonds. The molecule has 1 aliphatic rings. The van der Waals surface area contributed by atoms with Gasteiger partial charge in [0.25, 0.3) is 0 Å². The van der Waals surface area contributed by atoms with Gasteiger partial charge >= 0.3 is 5.69 Å². The van der Waals surface area contributed by atoms with Gasteiger partial charge in [0.05, 0.1) is 17.1 Å². The number of nitro groups is 1. The summed E-state index contributed by atoms with van der Waals surface area (Å²) >= 11 is 0. The van der Waals surface area contributed by atoms with Gasteiger partial charge in [0.2, 0.25) is 5.82 Å². The Morgan fingerprint density at radius 2 is 2.25 bits per heavy atom. The van der Waals surface area contributed by atoms with Crippen LogP contribution < -0.4 is 10.6 Å². The molecule has 112 valence electrons. The molecule has 1 aliphatic heterocycles. The fourth-order valence-corrected chi connectivity index (χ4v) is 2.49. The summed E-state index contributed by atoms with van der Waals surface area (Å²) in [4.78, 5) is 10.9. The summed E-state index contributed by atoms with van der Waals surface area (Å²) in [6, 6.07) is 0.0348. The zero-order valence-electron chi connectivity index (χ0n) is 12.2. The molecule has 2 heterocycles. The van der Waals surface area contributed by atoms with Gasteiger partial charge < -0.3 is 15.4 Å². The molecule has 8 heteroatoms. The minimum absolute atomic E-state index is 0.00713. The average molecular weight is 283 g/mol. The molecule has 1 fully saturated rings. The second-order valence-corrected chi connectivity index (χ2v) is 5.26. The van der Waals surface area contributed by atoms with E-state index in [-0.39, 0.29) is 28.8 Å². The molecule has 1 aromatic rings. The standard InChI is InChI=1S/C12H21N5O3/c1-7(2)16-12(11(17(18)19)8(3)15-16)14-9-5-13-6-10(9)20-4/h7,9-10,13-14H,5-6H2,1-4H3/t9?,10-/m0/s1. The summed E-state index contributed by atoms with van der Waals surface area (Å²) in [6.45, 7) is 6.99. The molecule has 0 spiro atoms. The number of rotatable bonds is 5. The maximum Gasteiger partial charge on any atom is 0.333 e. The van der Waals surface area contributed by atoms with E-state index in [4.69, 9.17) is 4.74 Å². The highest BCUT2D eigenvalue weighted by Crippen LogP contribution is 2.31. The van der Waals surface area contributed by atoms with Crippen LogP contribution in [-0.4, -0.2) is 47.0 Å². The average Bonchev–Trinajstić information content (AvgIpc) is 2.94. The highest BCUT2D eigenvalue weighted by Gasteiger charge is 2.33. The van der Waals surface area contributed by atoms with Crippen LogP contribution in [0.3, 0.4) is 0 Å². The monoisotopic (exact) mass is 283 g/mol. The molecule has 0 aliphatic carbocycles. The number of nitrogens with zero attached hydrogens (tertiary/aromatic N) is 3. The van der Waals surface area contributed by atoms with Crippen molar-refractivity contribution in [1.29, 1.82) is 0 Å². The van der Waals surface area contributed by atoms with Crippen molar-refractivity contribution < 1.29 is 9.66 Å². The van der Waals surface area contributed by atoms with Crippen molar-refractivity contribution in [2.75, 3.05) is 25.5 Å². The lowest BCUT2D eigenvalue weighted by molar-refractivity contribution is -0.384. The molecule has 1 aromatic heterocycles. The highest BCUT2D eigenvalue weighted by atomic mass is 16.6. The van der Waals surface area contributed by atoms with E-state index in [9.17, 15) is 10.1 Å². The first-order valence-electron chi connectivity index (χ1n) is 6.69. The first-order chi connectivity index (χ1) is 9.45. The molecule has 2 rings (SSSR count). The van der Waals surface area contributed by atoms with E-state index >= 15 is 0 Å². The number of aryl methyl sites for hydroxylation is 1. The Morgan fingerprint density at radius 3 is 2.80 bits per heavy atom. The Labute approximate surface area is 117 Å². The van der Waals surface area contributed by atoms with Crippen molar-refractivity contribution in [2.45, 2.75) is 39.0 Å². The summed E-state index contributed by atoms with van der Waals surface area (Å²) in [5, 5.41) is 22.0. The predicted octanol–water partition coefficient (Wildman–Crippen LogP) is 1.08. The molecule has 2 N–H and O–H groups in total. The first-order valence-corrected chi connectivity index (χ1v) is 6.69. The SMILES string of the molecule is CO[C@H]1CNCC1Nc1c([N+](=O)[O-])c(C)nn1C(C)C. The zero-order valence-corrected chi connectivity index (χ0v) is 12.2. The van der Waals surface area contributed by atoms with E-state index in [1.165, 1.54) is 0 Å². The van der Waals surface area contributed by atoms with Crippen molar-refractivity contribution in [3.05, 3.63) is 15.8 Å². The van der Waals surface area contributed by atoms with Gasteiger partial charge in [-0.3, -0.25) is 10.1 Å². The Hall–Kier alpha value is -1.67. The van der Waals surface area contributed by atoms with Crippen LogP contribution in [0.1, 0.15) is 25.6 Å². The summed E-state index contributed by atoms with van der Waals surface area (Å²) in [5.41, 5.74) is 0.464. The lowest BCUT2D eigenvalue weighted by Gasteiger charge is -2.20. The van der Waals surface area contributed by atoms with E-state index < -0.39 is 0 Å². The minimum Gasteiger partial charge on any atom is -0.378 e. The van der Waals surface area contributed by atoms with Crippen molar-refractivity contribution in [3.63, 3.8) is 0 Å². The molecule has 8 nitrogen and oxygen atoms in total. The number of nitrogens with one attached hydrogen (secondary N) is 2. The zero-order chi connectivity index (χ0) is 14.9. The molecule has 0 saturated carbocycles. The van der Waals surface area contributed by atoms with Crippen molar-refractivity contribution in [3.8, 4) is 0 Å². The van der Waals surface area contributed by atoms with Crippen LogP contribution in [0.2, 0.25) is 0 Å². The fourth-order valence-electron chi connectivity index (χ4n) is 2.49. The van der Waals surface area contributed by atoms with Gasteiger partial charge in [-0.2, -0.15) is 5.10 Å². The largest absolute Gasteiger partial charge is 0.378 e. The third kappa shape index (κ3) is 2.61.